The van der Waals surface area contributed by atoms with Crippen LogP contribution in [0.25, 0.3) is 0 Å². The van der Waals surface area contributed by atoms with Gasteiger partial charge >= 0.3 is 22.5 Å². The summed E-state index contributed by atoms with van der Waals surface area (Å²) in [6.07, 6.45) is 0.965. The number of hydrogen-bond acceptors (Lipinski definition) is 15. The number of carbonyl (C=O) groups is 2. The lowest BCUT2D eigenvalue weighted by molar-refractivity contribution is -0.136. The number of nitrogens with zero attached hydrogens (tertiary/aromatic N) is 4. The molecule has 0 spiro atoms. The summed E-state index contributed by atoms with van der Waals surface area (Å²) in [7, 11) is -11.1. The third-order valence-electron chi connectivity index (χ3n) is 3.72. The Morgan fingerprint density at radius 3 is 1.83 bits per heavy atom. The van der Waals surface area contributed by atoms with Crippen LogP contribution < -0.4 is 20.3 Å². The number of benzene rings is 1. The van der Waals surface area contributed by atoms with Gasteiger partial charge in [-0.05, 0) is 18.2 Å². The molecule has 0 bridgehead atoms. The van der Waals surface area contributed by atoms with Crippen molar-refractivity contribution in [2.75, 3.05) is 48.0 Å². The van der Waals surface area contributed by atoms with Gasteiger partial charge in [0.2, 0.25) is 27.9 Å². The number of aromatic nitrogens is 3. The van der Waals surface area contributed by atoms with Crippen LogP contribution in [-0.4, -0.2) is 104 Å². The maximum atomic E-state index is 11.4. The number of carboxylic acid groups (broad SMARTS) is 2. The maximum absolute atomic E-state index is 11.4. The molecule has 0 unspecified atom stereocenters. The van der Waals surface area contributed by atoms with Crippen LogP contribution in [0.15, 0.2) is 29.2 Å². The number of carboxylic acids is 2. The first-order chi connectivity index (χ1) is 19.5. The SMILES string of the molecule is CC.CC.CS(=O)(=O)NCCNc1nc(Nc2cccc(S(=O)(=O)O)c2)nc(N(CC(=O)O)CC(=O)O)n1.O=S(=O)=O. The average molecular weight is 660 g/mol. The molecule has 0 amide bonds. The molecule has 0 fully saturated rings. The Hall–Kier alpha value is -3.99. The van der Waals surface area contributed by atoms with Crippen molar-refractivity contribution in [3.8, 4) is 0 Å². The van der Waals surface area contributed by atoms with E-state index in [4.69, 9.17) is 22.8 Å². The number of rotatable bonds is 13. The number of sulfonamides is 1. The first-order valence-corrected chi connectivity index (χ1v) is 16.0. The summed E-state index contributed by atoms with van der Waals surface area (Å²) in [4.78, 5) is 34.8. The lowest BCUT2D eigenvalue weighted by Crippen LogP contribution is -2.36. The van der Waals surface area contributed by atoms with Gasteiger partial charge < -0.3 is 25.7 Å². The van der Waals surface area contributed by atoms with Crippen molar-refractivity contribution in [2.24, 2.45) is 0 Å². The van der Waals surface area contributed by atoms with Crippen LogP contribution in [0.5, 0.6) is 0 Å². The maximum Gasteiger partial charge on any atom is 0.425 e. The van der Waals surface area contributed by atoms with Crippen LogP contribution in [-0.2, 0) is 40.3 Å². The van der Waals surface area contributed by atoms with Crippen LogP contribution in [0.2, 0.25) is 0 Å². The molecule has 0 aliphatic rings. The minimum atomic E-state index is -4.50. The number of hydrogen-bond donors (Lipinski definition) is 6. The van der Waals surface area contributed by atoms with Crippen LogP contribution in [0.3, 0.4) is 0 Å². The molecule has 2 rings (SSSR count). The second-order valence-electron chi connectivity index (χ2n) is 6.85. The van der Waals surface area contributed by atoms with Crippen molar-refractivity contribution < 1.29 is 53.8 Å². The second kappa shape index (κ2) is 20.0. The fourth-order valence-electron chi connectivity index (χ4n) is 2.44. The average Bonchev–Trinajstić information content (AvgIpc) is 2.87. The van der Waals surface area contributed by atoms with E-state index in [2.05, 4.69) is 30.3 Å². The van der Waals surface area contributed by atoms with Gasteiger partial charge in [-0.3, -0.25) is 14.1 Å². The van der Waals surface area contributed by atoms with Gasteiger partial charge in [0.1, 0.15) is 13.1 Å². The lowest BCUT2D eigenvalue weighted by atomic mass is 10.3. The third kappa shape index (κ3) is 19.1. The second-order valence-corrected chi connectivity index (χ2v) is 10.5. The molecule has 1 aromatic carbocycles. The quantitative estimate of drug-likeness (QED) is 0.120. The van der Waals surface area contributed by atoms with Crippen molar-refractivity contribution in [1.29, 1.82) is 0 Å². The molecule has 1 aromatic heterocycles. The predicted octanol–water partition coefficient (Wildman–Crippen LogP) is -0.153. The van der Waals surface area contributed by atoms with Crippen molar-refractivity contribution in [3.63, 3.8) is 0 Å². The van der Waals surface area contributed by atoms with E-state index in [1.807, 2.05) is 27.7 Å². The summed E-state index contributed by atoms with van der Waals surface area (Å²) in [5.74, 6) is -3.44. The summed E-state index contributed by atoms with van der Waals surface area (Å²) >= 11 is 0. The van der Waals surface area contributed by atoms with Crippen LogP contribution in [0.4, 0.5) is 23.5 Å². The standard InChI is InChI=1S/C16H21N7O9S2.2C2H6.O3S/c1-33(28,29)18-6-5-17-14-20-15(19-10-3-2-4-11(7-10)34(30,31)32)22-16(21-14)23(8-12(24)25)9-13(26)27;2*1-2;1-4(2)3/h2-4,7,18H,5-6,8-9H2,1H3,(H,24,25)(H,26,27)(H,30,31,32)(H2,17,19,20,21,22);2*1-2H3;. The van der Waals surface area contributed by atoms with Crippen LogP contribution >= 0.6 is 0 Å². The Bertz CT molecular complexity index is 1460. The lowest BCUT2D eigenvalue weighted by Gasteiger charge is -2.19. The van der Waals surface area contributed by atoms with Gasteiger partial charge in [0, 0.05) is 18.8 Å². The molecule has 0 radical (unpaired) electrons. The molecule has 0 aliphatic heterocycles. The summed E-state index contributed by atoms with van der Waals surface area (Å²) in [5, 5.41) is 23.6. The fourth-order valence-corrected chi connectivity index (χ4v) is 3.44. The van der Waals surface area contributed by atoms with Gasteiger partial charge in [-0.25, -0.2) is 13.1 Å². The van der Waals surface area contributed by atoms with Crippen LogP contribution in [0.1, 0.15) is 27.7 Å². The molecule has 0 atom stereocenters. The van der Waals surface area contributed by atoms with Crippen molar-refractivity contribution in [2.45, 2.75) is 32.6 Å². The van der Waals surface area contributed by atoms with E-state index in [0.29, 0.717) is 0 Å². The smallest absolute Gasteiger partial charge is 0.425 e. The molecule has 6 N–H and O–H groups in total. The highest BCUT2D eigenvalue weighted by atomic mass is 32.2. The molecule has 2 aromatic rings. The highest BCUT2D eigenvalue weighted by molar-refractivity contribution is 7.88. The first-order valence-electron chi connectivity index (χ1n) is 11.7. The minimum absolute atomic E-state index is 0.00602. The zero-order valence-electron chi connectivity index (χ0n) is 23.2. The van der Waals surface area contributed by atoms with Gasteiger partial charge in [0.05, 0.1) is 11.2 Å². The predicted molar refractivity (Wildman–Crippen MR) is 151 cm³/mol. The highest BCUT2D eigenvalue weighted by Crippen LogP contribution is 2.20. The van der Waals surface area contributed by atoms with Crippen molar-refractivity contribution >= 4 is 66.2 Å². The topological polar surface area (TPSA) is 292 Å². The third-order valence-corrected chi connectivity index (χ3v) is 5.30. The molecule has 0 saturated carbocycles. The molecule has 22 heteroatoms. The zero-order chi connectivity index (χ0) is 33.1. The fraction of sp³-hybridized carbons (Fsp3) is 0.450. The Balaban J connectivity index is 0. The number of aliphatic carboxylic acids is 2. The van der Waals surface area contributed by atoms with E-state index >= 15 is 0 Å². The monoisotopic (exact) mass is 659 g/mol. The molecule has 19 nitrogen and oxygen atoms in total. The van der Waals surface area contributed by atoms with Gasteiger partial charge in [-0.2, -0.15) is 23.4 Å². The summed E-state index contributed by atoms with van der Waals surface area (Å²) in [5.41, 5.74) is 0.125. The Labute approximate surface area is 244 Å². The number of nitrogens with one attached hydrogen (secondary N) is 3. The summed E-state index contributed by atoms with van der Waals surface area (Å²) in [6, 6.07) is 4.97. The van der Waals surface area contributed by atoms with E-state index in [1.54, 1.807) is 0 Å². The van der Waals surface area contributed by atoms with E-state index in [-0.39, 0.29) is 36.6 Å². The summed E-state index contributed by atoms with van der Waals surface area (Å²) < 4.78 is 81.9. The largest absolute Gasteiger partial charge is 0.480 e. The van der Waals surface area contributed by atoms with Gasteiger partial charge in [-0.1, -0.05) is 33.8 Å². The molecule has 238 valence electrons. The van der Waals surface area contributed by atoms with E-state index in [1.165, 1.54) is 12.1 Å². The minimum Gasteiger partial charge on any atom is -0.480 e. The first kappa shape index (κ1) is 40.2. The van der Waals surface area contributed by atoms with Crippen LogP contribution in [0, 0.1) is 0 Å². The van der Waals surface area contributed by atoms with Crippen molar-refractivity contribution in [3.05, 3.63) is 24.3 Å². The number of anilines is 4. The van der Waals surface area contributed by atoms with E-state index in [0.717, 1.165) is 23.3 Å². The van der Waals surface area contributed by atoms with Crippen molar-refractivity contribution in [1.82, 2.24) is 19.7 Å². The molecule has 0 aliphatic carbocycles. The van der Waals surface area contributed by atoms with E-state index < -0.39 is 60.7 Å². The normalized spacial score (nSPS) is 10.2. The Morgan fingerprint density at radius 1 is 0.881 bits per heavy atom. The Morgan fingerprint density at radius 2 is 1.38 bits per heavy atom. The molecule has 42 heavy (non-hydrogen) atoms. The van der Waals surface area contributed by atoms with Gasteiger partial charge in [-0.15, -0.1) is 12.6 Å². The van der Waals surface area contributed by atoms with E-state index in [9.17, 15) is 31.0 Å². The molecule has 1 heterocycles. The Kier molecular flexibility index (Phi) is 19.1. The molecular weight excluding hydrogens is 626 g/mol. The molecular formula is C20H33N7O12S3. The summed E-state index contributed by atoms with van der Waals surface area (Å²) in [6.45, 7) is 6.44. The van der Waals surface area contributed by atoms with Gasteiger partial charge in [0.15, 0.2) is 0 Å². The highest BCUT2D eigenvalue weighted by Gasteiger charge is 2.20. The molecule has 0 saturated heterocycles. The van der Waals surface area contributed by atoms with Gasteiger partial charge in [0.25, 0.3) is 10.1 Å². The zero-order valence-corrected chi connectivity index (χ0v) is 25.6.